The third kappa shape index (κ3) is 3.69. The Labute approximate surface area is 147 Å². The monoisotopic (exact) mass is 378 g/mol. The van der Waals surface area contributed by atoms with Crippen molar-refractivity contribution in [2.24, 2.45) is 0 Å². The van der Waals surface area contributed by atoms with Crippen LogP contribution in [-0.4, -0.2) is 55.3 Å². The number of carbonyl (C=O) groups is 1. The van der Waals surface area contributed by atoms with Crippen LogP contribution >= 0.6 is 11.3 Å². The van der Waals surface area contributed by atoms with Gasteiger partial charge in [-0.3, -0.25) is 9.69 Å². The lowest BCUT2D eigenvalue weighted by atomic mass is 9.85. The van der Waals surface area contributed by atoms with E-state index in [0.717, 1.165) is 16.9 Å². The minimum absolute atomic E-state index is 0.209. The highest BCUT2D eigenvalue weighted by molar-refractivity contribution is 7.12. The number of likely N-dealkylation sites (N-methyl/N-ethyl adjacent to an activating group) is 1. The molecule has 1 aromatic rings. The summed E-state index contributed by atoms with van der Waals surface area (Å²) in [5.41, 5.74) is 0.0679. The van der Waals surface area contributed by atoms with Crippen molar-refractivity contribution in [2.75, 3.05) is 33.3 Å². The van der Waals surface area contributed by atoms with Gasteiger partial charge in [-0.1, -0.05) is 0 Å². The maximum Gasteiger partial charge on any atom is 0.425 e. The van der Waals surface area contributed by atoms with Crippen LogP contribution in [0.15, 0.2) is 6.07 Å². The van der Waals surface area contributed by atoms with Gasteiger partial charge in [0, 0.05) is 31.6 Å². The Balaban J connectivity index is 1.72. The number of aliphatic hydroxyl groups is 1. The van der Waals surface area contributed by atoms with Crippen LogP contribution in [-0.2, 0) is 27.7 Å². The van der Waals surface area contributed by atoms with E-state index in [1.54, 1.807) is 0 Å². The zero-order valence-corrected chi connectivity index (χ0v) is 14.7. The van der Waals surface area contributed by atoms with Gasteiger partial charge in [0.1, 0.15) is 16.6 Å². The highest BCUT2D eigenvalue weighted by Crippen LogP contribution is 2.48. The number of rotatable bonds is 3. The summed E-state index contributed by atoms with van der Waals surface area (Å²) in [5.74, 6) is -0.440. The van der Waals surface area contributed by atoms with Crippen molar-refractivity contribution < 1.29 is 27.8 Å². The Morgan fingerprint density at radius 1 is 1.48 bits per heavy atom. The number of amides is 1. The summed E-state index contributed by atoms with van der Waals surface area (Å²) < 4.78 is 45.1. The number of piperidine rings is 1. The number of β-amino-alcohol motifs (C(OH)–C–C–N with tert-alkyl or cyclic N) is 1. The van der Waals surface area contributed by atoms with Crippen LogP contribution < -0.4 is 5.32 Å². The molecule has 1 spiro atoms. The smallest absolute Gasteiger partial charge is 0.382 e. The minimum atomic E-state index is -4.33. The van der Waals surface area contributed by atoms with E-state index in [0.29, 0.717) is 43.8 Å². The molecule has 140 valence electrons. The first-order chi connectivity index (χ1) is 11.7. The van der Waals surface area contributed by atoms with Crippen LogP contribution in [0.25, 0.3) is 0 Å². The van der Waals surface area contributed by atoms with Crippen LogP contribution in [0.2, 0.25) is 0 Å². The van der Waals surface area contributed by atoms with Crippen molar-refractivity contribution in [3.63, 3.8) is 0 Å². The predicted molar refractivity (Wildman–Crippen MR) is 86.4 cm³/mol. The van der Waals surface area contributed by atoms with E-state index >= 15 is 0 Å². The first-order valence-electron chi connectivity index (χ1n) is 8.21. The maximum atomic E-state index is 13.0. The van der Waals surface area contributed by atoms with Crippen molar-refractivity contribution in [1.29, 1.82) is 0 Å². The Kier molecular flexibility index (Phi) is 5.11. The number of likely N-dealkylation sites (tertiary alicyclic amines) is 1. The van der Waals surface area contributed by atoms with Crippen molar-refractivity contribution >= 4 is 17.2 Å². The fraction of sp³-hybridized carbons (Fsp3) is 0.688. The highest BCUT2D eigenvalue weighted by atomic mass is 32.1. The summed E-state index contributed by atoms with van der Waals surface area (Å²) in [5, 5.41) is 12.2. The van der Waals surface area contributed by atoms with Crippen LogP contribution in [0.5, 0.6) is 0 Å². The number of hydrogen-bond acceptors (Lipinski definition) is 5. The van der Waals surface area contributed by atoms with E-state index in [9.17, 15) is 23.1 Å². The fourth-order valence-electron chi connectivity index (χ4n) is 3.52. The topological polar surface area (TPSA) is 61.8 Å². The lowest BCUT2D eigenvalue weighted by Crippen LogP contribution is -2.49. The Morgan fingerprint density at radius 2 is 2.16 bits per heavy atom. The third-order valence-electron chi connectivity index (χ3n) is 4.90. The van der Waals surface area contributed by atoms with Crippen LogP contribution in [0.3, 0.4) is 0 Å². The third-order valence-corrected chi connectivity index (χ3v) is 6.30. The number of alkyl halides is 3. The molecule has 0 aliphatic carbocycles. The molecule has 3 heterocycles. The van der Waals surface area contributed by atoms with Gasteiger partial charge >= 0.3 is 6.18 Å². The molecule has 1 amide bonds. The molecule has 1 aromatic heterocycles. The van der Waals surface area contributed by atoms with E-state index in [1.807, 2.05) is 4.90 Å². The van der Waals surface area contributed by atoms with E-state index in [4.69, 9.17) is 4.74 Å². The number of halogens is 3. The second-order valence-corrected chi connectivity index (χ2v) is 7.54. The number of aliphatic hydroxyl groups excluding tert-OH is 1. The SMILES string of the molecule is CNC(=O)C(O)CN1CCC2(CC1)OCCc1cc(C(F)(F)F)sc12. The van der Waals surface area contributed by atoms with Gasteiger partial charge in [0.05, 0.1) is 6.61 Å². The molecule has 1 saturated heterocycles. The summed E-state index contributed by atoms with van der Waals surface area (Å²) in [6.07, 6.45) is -3.83. The molecule has 2 N–H and O–H groups in total. The number of nitrogens with zero attached hydrogens (tertiary/aromatic N) is 1. The van der Waals surface area contributed by atoms with Crippen molar-refractivity contribution in [1.82, 2.24) is 10.2 Å². The fourth-order valence-corrected chi connectivity index (χ4v) is 4.80. The zero-order chi connectivity index (χ0) is 18.2. The summed E-state index contributed by atoms with van der Waals surface area (Å²) in [6, 6.07) is 1.26. The second-order valence-electron chi connectivity index (χ2n) is 6.49. The molecule has 25 heavy (non-hydrogen) atoms. The van der Waals surface area contributed by atoms with Crippen LogP contribution in [0, 0.1) is 0 Å². The van der Waals surface area contributed by atoms with Gasteiger partial charge in [0.2, 0.25) is 5.91 Å². The van der Waals surface area contributed by atoms with Crippen LogP contribution in [0.1, 0.15) is 28.2 Å². The summed E-state index contributed by atoms with van der Waals surface area (Å²) >= 11 is 0.789. The molecule has 1 fully saturated rings. The second kappa shape index (κ2) is 6.86. The molecular weight excluding hydrogens is 357 g/mol. The molecule has 0 bridgehead atoms. The molecule has 2 aliphatic rings. The summed E-state index contributed by atoms with van der Waals surface area (Å²) in [7, 11) is 1.46. The number of hydrogen-bond donors (Lipinski definition) is 2. The average molecular weight is 378 g/mol. The van der Waals surface area contributed by atoms with Gasteiger partial charge in [0.25, 0.3) is 0 Å². The first-order valence-corrected chi connectivity index (χ1v) is 9.03. The van der Waals surface area contributed by atoms with Crippen molar-refractivity contribution in [3.05, 3.63) is 21.4 Å². The van der Waals surface area contributed by atoms with E-state index in [1.165, 1.54) is 13.1 Å². The lowest BCUT2D eigenvalue weighted by molar-refractivity contribution is -0.134. The quantitative estimate of drug-likeness (QED) is 0.841. The summed E-state index contributed by atoms with van der Waals surface area (Å²) in [4.78, 5) is 13.5. The minimum Gasteiger partial charge on any atom is -0.382 e. The number of nitrogens with one attached hydrogen (secondary N) is 1. The van der Waals surface area contributed by atoms with Gasteiger partial charge < -0.3 is 15.2 Å². The number of fused-ring (bicyclic) bond motifs is 2. The largest absolute Gasteiger partial charge is 0.425 e. The lowest BCUT2D eigenvalue weighted by Gasteiger charge is -2.44. The van der Waals surface area contributed by atoms with Crippen molar-refractivity contribution in [2.45, 2.75) is 37.1 Å². The number of ether oxygens (including phenoxy) is 1. The van der Waals surface area contributed by atoms with Gasteiger partial charge in [-0.15, -0.1) is 11.3 Å². The van der Waals surface area contributed by atoms with Gasteiger partial charge in [-0.05, 0) is 30.9 Å². The first kappa shape index (κ1) is 18.6. The van der Waals surface area contributed by atoms with E-state index < -0.39 is 28.7 Å². The van der Waals surface area contributed by atoms with Gasteiger partial charge in [0.15, 0.2) is 0 Å². The molecule has 2 aliphatic heterocycles. The number of carbonyl (C=O) groups excluding carboxylic acids is 1. The molecule has 1 atom stereocenters. The molecule has 0 aromatic carbocycles. The Morgan fingerprint density at radius 3 is 2.76 bits per heavy atom. The molecule has 1 unspecified atom stereocenters. The van der Waals surface area contributed by atoms with Crippen LogP contribution in [0.4, 0.5) is 13.2 Å². The number of thiophene rings is 1. The normalized spacial score (nSPS) is 21.8. The van der Waals surface area contributed by atoms with Crippen molar-refractivity contribution in [3.8, 4) is 0 Å². The van der Waals surface area contributed by atoms with Gasteiger partial charge in [-0.2, -0.15) is 13.2 Å². The molecule has 9 heteroatoms. The maximum absolute atomic E-state index is 13.0. The Bertz CT molecular complexity index is 639. The average Bonchev–Trinajstić information content (AvgIpc) is 3.02. The molecular formula is C16H21F3N2O3S. The predicted octanol–water partition coefficient (Wildman–Crippen LogP) is 1.74. The van der Waals surface area contributed by atoms with Gasteiger partial charge in [-0.25, -0.2) is 0 Å². The summed E-state index contributed by atoms with van der Waals surface area (Å²) in [6.45, 7) is 1.75. The molecule has 5 nitrogen and oxygen atoms in total. The Hall–Kier alpha value is -1.16. The molecule has 0 radical (unpaired) electrons. The van der Waals surface area contributed by atoms with E-state index in [-0.39, 0.29) is 6.54 Å². The highest BCUT2D eigenvalue weighted by Gasteiger charge is 2.45. The zero-order valence-electron chi connectivity index (χ0n) is 13.9. The standard InChI is InChI=1S/C16H21F3N2O3S/c1-20-14(23)11(22)9-21-5-3-15(4-6-21)13-10(2-7-24-15)8-12(25-13)16(17,18)19/h8,11,22H,2-7,9H2,1H3,(H,20,23). The molecule has 3 rings (SSSR count). The van der Waals surface area contributed by atoms with E-state index in [2.05, 4.69) is 5.32 Å². The molecule has 0 saturated carbocycles.